The summed E-state index contributed by atoms with van der Waals surface area (Å²) in [5.74, 6) is 2.13. The standard InChI is InChI=1S/C37H30O8/c1-37(2)29-9-7-19(23-17-27-31(42-5)13-21(40-3)15-33(27)44-35(23)38)11-25(29)26-12-20(8-10-30(26)37)24-18-28-32(43-6)14-22(41-4)16-34(28)45-36(24)39/h7-18H,1-6H3. The van der Waals surface area contributed by atoms with Crippen LogP contribution in [0.4, 0.5) is 0 Å². The minimum atomic E-state index is -0.469. The van der Waals surface area contributed by atoms with Crippen LogP contribution in [0.3, 0.4) is 0 Å². The molecule has 0 atom stereocenters. The van der Waals surface area contributed by atoms with E-state index < -0.39 is 11.3 Å². The summed E-state index contributed by atoms with van der Waals surface area (Å²) in [7, 11) is 6.22. The van der Waals surface area contributed by atoms with Crippen molar-refractivity contribution in [1.82, 2.24) is 0 Å². The van der Waals surface area contributed by atoms with Crippen molar-refractivity contribution in [3.63, 3.8) is 0 Å². The Kier molecular flexibility index (Phi) is 6.47. The predicted octanol–water partition coefficient (Wildman–Crippen LogP) is 7.57. The highest BCUT2D eigenvalue weighted by molar-refractivity contribution is 5.92. The van der Waals surface area contributed by atoms with Crippen molar-refractivity contribution in [2.24, 2.45) is 0 Å². The van der Waals surface area contributed by atoms with Gasteiger partial charge in [-0.3, -0.25) is 0 Å². The molecule has 0 saturated carbocycles. The van der Waals surface area contributed by atoms with Crippen LogP contribution in [0.1, 0.15) is 25.0 Å². The van der Waals surface area contributed by atoms with Crippen molar-refractivity contribution in [2.45, 2.75) is 19.3 Å². The van der Waals surface area contributed by atoms with Gasteiger partial charge in [-0.25, -0.2) is 9.59 Å². The maximum absolute atomic E-state index is 13.3. The Labute approximate surface area is 258 Å². The summed E-state index contributed by atoms with van der Waals surface area (Å²) in [5.41, 5.74) is 5.93. The van der Waals surface area contributed by atoms with E-state index in [-0.39, 0.29) is 5.41 Å². The van der Waals surface area contributed by atoms with Gasteiger partial charge < -0.3 is 27.8 Å². The monoisotopic (exact) mass is 602 g/mol. The number of fused-ring (bicyclic) bond motifs is 5. The zero-order chi connectivity index (χ0) is 31.6. The van der Waals surface area contributed by atoms with Crippen LogP contribution in [0, 0.1) is 0 Å². The van der Waals surface area contributed by atoms with Crippen LogP contribution in [-0.4, -0.2) is 28.4 Å². The van der Waals surface area contributed by atoms with Gasteiger partial charge in [-0.2, -0.15) is 0 Å². The van der Waals surface area contributed by atoms with Crippen LogP contribution in [0.25, 0.3) is 55.3 Å². The average molecular weight is 603 g/mol. The minimum Gasteiger partial charge on any atom is -0.496 e. The average Bonchev–Trinajstić information content (AvgIpc) is 3.27. The number of methoxy groups -OCH3 is 4. The first-order chi connectivity index (χ1) is 21.7. The van der Waals surface area contributed by atoms with Crippen LogP contribution in [0.5, 0.6) is 23.0 Å². The molecular formula is C37H30O8. The molecule has 0 radical (unpaired) electrons. The highest BCUT2D eigenvalue weighted by atomic mass is 16.5. The first-order valence-corrected chi connectivity index (χ1v) is 14.4. The van der Waals surface area contributed by atoms with Crippen molar-refractivity contribution in [3.05, 3.63) is 105 Å². The molecule has 2 aromatic heterocycles. The highest BCUT2D eigenvalue weighted by Gasteiger charge is 2.36. The number of hydrogen-bond acceptors (Lipinski definition) is 8. The lowest BCUT2D eigenvalue weighted by Crippen LogP contribution is -2.15. The molecule has 6 aromatic rings. The summed E-state index contributed by atoms with van der Waals surface area (Å²) < 4.78 is 33.3. The molecule has 226 valence electrons. The van der Waals surface area contributed by atoms with Crippen molar-refractivity contribution in [3.8, 4) is 56.4 Å². The smallest absolute Gasteiger partial charge is 0.344 e. The molecule has 0 N–H and O–H groups in total. The van der Waals surface area contributed by atoms with Crippen LogP contribution in [0.2, 0.25) is 0 Å². The summed E-state index contributed by atoms with van der Waals surface area (Å²) >= 11 is 0. The maximum atomic E-state index is 13.3. The van der Waals surface area contributed by atoms with Gasteiger partial charge in [-0.05, 0) is 57.6 Å². The molecule has 0 unspecified atom stereocenters. The lowest BCUT2D eigenvalue weighted by atomic mass is 9.82. The summed E-state index contributed by atoms with van der Waals surface area (Å²) in [6, 6.07) is 22.5. The fourth-order valence-electron chi connectivity index (χ4n) is 6.40. The van der Waals surface area contributed by atoms with Crippen molar-refractivity contribution < 1.29 is 27.8 Å². The molecule has 7 rings (SSSR count). The SMILES string of the molecule is COc1cc(OC)c2cc(-c3ccc4c(c3)-c3cc(-c5cc6c(OC)cc(OC)cc6oc5=O)ccc3C4(C)C)c(=O)oc2c1. The Morgan fingerprint density at radius 2 is 0.933 bits per heavy atom. The summed E-state index contributed by atoms with van der Waals surface area (Å²) in [5, 5.41) is 1.32. The molecule has 0 fully saturated rings. The Balaban J connectivity index is 1.39. The van der Waals surface area contributed by atoms with E-state index in [0.717, 1.165) is 22.3 Å². The van der Waals surface area contributed by atoms with Crippen LogP contribution in [-0.2, 0) is 5.41 Å². The minimum absolute atomic E-state index is 0.302. The molecular weight excluding hydrogens is 572 g/mol. The first kappa shape index (κ1) is 28.3. The van der Waals surface area contributed by atoms with Crippen LogP contribution < -0.4 is 30.2 Å². The molecule has 8 nitrogen and oxygen atoms in total. The zero-order valence-corrected chi connectivity index (χ0v) is 25.7. The quantitative estimate of drug-likeness (QED) is 0.180. The van der Waals surface area contributed by atoms with E-state index in [1.165, 1.54) is 0 Å². The number of hydrogen-bond donors (Lipinski definition) is 0. The summed E-state index contributed by atoms with van der Waals surface area (Å²) in [4.78, 5) is 26.5. The van der Waals surface area contributed by atoms with Crippen LogP contribution in [0.15, 0.2) is 91.2 Å². The molecule has 4 aromatic carbocycles. The van der Waals surface area contributed by atoms with E-state index in [9.17, 15) is 9.59 Å². The highest BCUT2D eigenvalue weighted by Crippen LogP contribution is 2.50. The second kappa shape index (κ2) is 10.3. The van der Waals surface area contributed by atoms with E-state index in [1.807, 2.05) is 24.3 Å². The molecule has 2 heterocycles. The van der Waals surface area contributed by atoms with Crippen molar-refractivity contribution in [2.75, 3.05) is 28.4 Å². The lowest BCUT2D eigenvalue weighted by molar-refractivity contribution is 0.395. The van der Waals surface area contributed by atoms with Gasteiger partial charge in [0.05, 0.1) is 50.3 Å². The van der Waals surface area contributed by atoms with Gasteiger partial charge in [0.2, 0.25) is 0 Å². The number of rotatable bonds is 6. The molecule has 1 aliphatic rings. The molecule has 45 heavy (non-hydrogen) atoms. The summed E-state index contributed by atoms with van der Waals surface area (Å²) in [6.07, 6.45) is 0. The fraction of sp³-hybridized carbons (Fsp3) is 0.189. The van der Waals surface area contributed by atoms with E-state index in [4.69, 9.17) is 27.8 Å². The zero-order valence-electron chi connectivity index (χ0n) is 25.7. The van der Waals surface area contributed by atoms with E-state index >= 15 is 0 Å². The Morgan fingerprint density at radius 1 is 0.511 bits per heavy atom. The molecule has 0 saturated heterocycles. The molecule has 0 amide bonds. The Bertz CT molecular complexity index is 2130. The predicted molar refractivity (Wildman–Crippen MR) is 173 cm³/mol. The molecule has 1 aliphatic carbocycles. The Hall–Kier alpha value is -5.50. The molecule has 0 bridgehead atoms. The normalized spacial score (nSPS) is 13.0. The lowest BCUT2D eigenvalue weighted by Gasteiger charge is -2.21. The van der Waals surface area contributed by atoms with Gasteiger partial charge in [0.1, 0.15) is 34.2 Å². The number of benzene rings is 4. The van der Waals surface area contributed by atoms with Crippen LogP contribution >= 0.6 is 0 Å². The van der Waals surface area contributed by atoms with Gasteiger partial charge in [-0.1, -0.05) is 38.1 Å². The van der Waals surface area contributed by atoms with E-state index in [0.29, 0.717) is 67.2 Å². The number of ether oxygens (including phenoxy) is 4. The van der Waals surface area contributed by atoms with Gasteiger partial charge in [0.25, 0.3) is 0 Å². The third-order valence-corrected chi connectivity index (χ3v) is 8.79. The second-order valence-electron chi connectivity index (χ2n) is 11.5. The third kappa shape index (κ3) is 4.36. The Morgan fingerprint density at radius 3 is 1.31 bits per heavy atom. The summed E-state index contributed by atoms with van der Waals surface area (Å²) in [6.45, 7) is 4.34. The van der Waals surface area contributed by atoms with Crippen molar-refractivity contribution in [1.29, 1.82) is 0 Å². The molecule has 8 heteroatoms. The third-order valence-electron chi connectivity index (χ3n) is 8.79. The molecule has 0 aliphatic heterocycles. The maximum Gasteiger partial charge on any atom is 0.344 e. The molecule has 0 spiro atoms. The van der Waals surface area contributed by atoms with E-state index in [2.05, 4.69) is 26.0 Å². The van der Waals surface area contributed by atoms with Crippen molar-refractivity contribution >= 4 is 21.9 Å². The van der Waals surface area contributed by atoms with Gasteiger partial charge >= 0.3 is 11.3 Å². The first-order valence-electron chi connectivity index (χ1n) is 14.4. The second-order valence-corrected chi connectivity index (χ2v) is 11.5. The van der Waals surface area contributed by atoms with Gasteiger partial charge in [0, 0.05) is 29.7 Å². The van der Waals surface area contributed by atoms with Gasteiger partial charge in [-0.15, -0.1) is 0 Å². The van der Waals surface area contributed by atoms with E-state index in [1.54, 1.807) is 64.8 Å². The topological polar surface area (TPSA) is 97.3 Å². The fourth-order valence-corrected chi connectivity index (χ4v) is 6.40. The largest absolute Gasteiger partial charge is 0.496 e. The van der Waals surface area contributed by atoms with Gasteiger partial charge in [0.15, 0.2) is 0 Å².